The topological polar surface area (TPSA) is 39.2 Å². The fourth-order valence-electron chi connectivity index (χ4n) is 1.41. The molecule has 0 saturated heterocycles. The van der Waals surface area contributed by atoms with Gasteiger partial charge in [-0.15, -0.1) is 11.8 Å². The molecule has 1 heterocycles. The SMILES string of the molecule is NCC(Sc1ccc(F)c(F)c1)c1ccco1. The molecule has 0 aliphatic heterocycles. The summed E-state index contributed by atoms with van der Waals surface area (Å²) < 4.78 is 31.0. The normalized spacial score (nSPS) is 12.6. The molecule has 0 aliphatic rings. The van der Waals surface area contributed by atoms with Gasteiger partial charge < -0.3 is 10.2 Å². The molecule has 0 aliphatic carbocycles. The predicted octanol–water partition coefficient (Wildman–Crippen LogP) is 3.35. The number of benzene rings is 1. The highest BCUT2D eigenvalue weighted by atomic mass is 32.2. The molecule has 1 aromatic heterocycles. The van der Waals surface area contributed by atoms with E-state index in [0.717, 1.165) is 17.9 Å². The standard InChI is InChI=1S/C12H11F2NOS/c13-9-4-3-8(6-10(9)14)17-12(7-15)11-2-1-5-16-11/h1-6,12H,7,15H2. The Morgan fingerprint density at radius 2 is 2.06 bits per heavy atom. The van der Waals surface area contributed by atoms with Crippen LogP contribution in [0.5, 0.6) is 0 Å². The minimum absolute atomic E-state index is 0.102. The van der Waals surface area contributed by atoms with Crippen molar-refractivity contribution in [1.82, 2.24) is 0 Å². The quantitative estimate of drug-likeness (QED) is 0.851. The molecule has 17 heavy (non-hydrogen) atoms. The highest BCUT2D eigenvalue weighted by Crippen LogP contribution is 2.35. The van der Waals surface area contributed by atoms with E-state index in [2.05, 4.69) is 0 Å². The van der Waals surface area contributed by atoms with E-state index in [1.54, 1.807) is 12.3 Å². The summed E-state index contributed by atoms with van der Waals surface area (Å²) in [5.74, 6) is -0.982. The molecule has 0 bridgehead atoms. The van der Waals surface area contributed by atoms with Crippen molar-refractivity contribution in [3.63, 3.8) is 0 Å². The van der Waals surface area contributed by atoms with Gasteiger partial charge in [-0.25, -0.2) is 8.78 Å². The van der Waals surface area contributed by atoms with Crippen molar-refractivity contribution in [2.24, 2.45) is 5.73 Å². The van der Waals surface area contributed by atoms with E-state index in [1.807, 2.05) is 6.07 Å². The van der Waals surface area contributed by atoms with Crippen molar-refractivity contribution >= 4 is 11.8 Å². The summed E-state index contributed by atoms with van der Waals surface area (Å²) in [7, 11) is 0. The molecule has 0 radical (unpaired) electrons. The molecule has 1 unspecified atom stereocenters. The van der Waals surface area contributed by atoms with E-state index in [9.17, 15) is 8.78 Å². The molecule has 0 fully saturated rings. The minimum atomic E-state index is -0.856. The van der Waals surface area contributed by atoms with Gasteiger partial charge in [0.05, 0.1) is 11.5 Å². The lowest BCUT2D eigenvalue weighted by Gasteiger charge is -2.11. The van der Waals surface area contributed by atoms with Crippen molar-refractivity contribution in [2.75, 3.05) is 6.54 Å². The number of rotatable bonds is 4. The summed E-state index contributed by atoms with van der Waals surface area (Å²) in [4.78, 5) is 0.621. The summed E-state index contributed by atoms with van der Waals surface area (Å²) in [6.45, 7) is 0.358. The monoisotopic (exact) mass is 255 g/mol. The van der Waals surface area contributed by atoms with Gasteiger partial charge in [0.25, 0.3) is 0 Å². The molecule has 2 nitrogen and oxygen atoms in total. The lowest BCUT2D eigenvalue weighted by Crippen LogP contribution is -2.08. The number of nitrogens with two attached hydrogens (primary N) is 1. The maximum absolute atomic E-state index is 13.0. The van der Waals surface area contributed by atoms with Crippen LogP contribution in [0, 0.1) is 11.6 Å². The van der Waals surface area contributed by atoms with Crippen LogP contribution < -0.4 is 5.73 Å². The Morgan fingerprint density at radius 1 is 1.24 bits per heavy atom. The van der Waals surface area contributed by atoms with Crippen LogP contribution in [0.15, 0.2) is 45.9 Å². The van der Waals surface area contributed by atoms with Crippen LogP contribution >= 0.6 is 11.8 Å². The van der Waals surface area contributed by atoms with Crippen LogP contribution in [0.2, 0.25) is 0 Å². The molecule has 90 valence electrons. The zero-order chi connectivity index (χ0) is 12.3. The van der Waals surface area contributed by atoms with Crippen molar-refractivity contribution in [2.45, 2.75) is 10.1 Å². The molecular weight excluding hydrogens is 244 g/mol. The smallest absolute Gasteiger partial charge is 0.159 e. The van der Waals surface area contributed by atoms with Gasteiger partial charge in [-0.05, 0) is 30.3 Å². The van der Waals surface area contributed by atoms with Gasteiger partial charge >= 0.3 is 0 Å². The van der Waals surface area contributed by atoms with Crippen LogP contribution in [0.4, 0.5) is 8.78 Å². The van der Waals surface area contributed by atoms with E-state index in [-0.39, 0.29) is 5.25 Å². The first-order valence-corrected chi connectivity index (χ1v) is 5.94. The van der Waals surface area contributed by atoms with Crippen LogP contribution in [0.1, 0.15) is 11.0 Å². The van der Waals surface area contributed by atoms with E-state index >= 15 is 0 Å². The molecule has 0 spiro atoms. The summed E-state index contributed by atoms with van der Waals surface area (Å²) >= 11 is 1.34. The third kappa shape index (κ3) is 2.87. The maximum Gasteiger partial charge on any atom is 0.159 e. The lowest BCUT2D eigenvalue weighted by molar-refractivity contribution is 0.504. The van der Waals surface area contributed by atoms with Crippen molar-refractivity contribution in [3.05, 3.63) is 54.0 Å². The van der Waals surface area contributed by atoms with E-state index < -0.39 is 11.6 Å². The number of furan rings is 1. The first-order chi connectivity index (χ1) is 8.20. The van der Waals surface area contributed by atoms with Gasteiger partial charge in [0.2, 0.25) is 0 Å². The fourth-order valence-corrected chi connectivity index (χ4v) is 2.40. The summed E-state index contributed by atoms with van der Waals surface area (Å²) in [5.41, 5.74) is 5.63. The molecule has 2 aromatic rings. The van der Waals surface area contributed by atoms with E-state index in [1.165, 1.54) is 17.8 Å². The lowest BCUT2D eigenvalue weighted by atomic mass is 10.3. The average molecular weight is 255 g/mol. The second-order valence-electron chi connectivity index (χ2n) is 3.43. The first kappa shape index (κ1) is 12.1. The van der Waals surface area contributed by atoms with Crippen molar-refractivity contribution in [3.8, 4) is 0 Å². The van der Waals surface area contributed by atoms with Crippen LogP contribution in [0.3, 0.4) is 0 Å². The highest BCUT2D eigenvalue weighted by Gasteiger charge is 2.15. The van der Waals surface area contributed by atoms with Gasteiger partial charge in [0.1, 0.15) is 5.76 Å². The second kappa shape index (κ2) is 5.33. The van der Waals surface area contributed by atoms with Gasteiger partial charge in [0, 0.05) is 11.4 Å². The summed E-state index contributed by atoms with van der Waals surface area (Å²) in [6, 6.07) is 7.36. The second-order valence-corrected chi connectivity index (χ2v) is 4.71. The average Bonchev–Trinajstić information content (AvgIpc) is 2.84. The third-order valence-electron chi connectivity index (χ3n) is 2.24. The molecular formula is C12H11F2NOS. The predicted molar refractivity (Wildman–Crippen MR) is 62.7 cm³/mol. The number of thioether (sulfide) groups is 1. The van der Waals surface area contributed by atoms with Gasteiger partial charge in [0.15, 0.2) is 11.6 Å². The van der Waals surface area contributed by atoms with E-state index in [4.69, 9.17) is 10.2 Å². The zero-order valence-electron chi connectivity index (χ0n) is 8.90. The van der Waals surface area contributed by atoms with Crippen molar-refractivity contribution < 1.29 is 13.2 Å². The first-order valence-electron chi connectivity index (χ1n) is 5.06. The number of hydrogen-bond acceptors (Lipinski definition) is 3. The molecule has 1 aromatic carbocycles. The molecule has 5 heteroatoms. The van der Waals surface area contributed by atoms with Crippen LogP contribution in [0.25, 0.3) is 0 Å². The zero-order valence-corrected chi connectivity index (χ0v) is 9.71. The molecule has 2 N–H and O–H groups in total. The molecule has 1 atom stereocenters. The molecule has 0 amide bonds. The molecule has 0 saturated carbocycles. The Bertz CT molecular complexity index is 487. The summed E-state index contributed by atoms with van der Waals surface area (Å²) in [6.07, 6.45) is 1.56. The Balaban J connectivity index is 2.16. The Hall–Kier alpha value is -1.33. The maximum atomic E-state index is 13.0. The Morgan fingerprint density at radius 3 is 2.65 bits per heavy atom. The van der Waals surface area contributed by atoms with Gasteiger partial charge in [-0.3, -0.25) is 0 Å². The Labute approximate surface area is 102 Å². The largest absolute Gasteiger partial charge is 0.468 e. The number of halogens is 2. The van der Waals surface area contributed by atoms with Crippen molar-refractivity contribution in [1.29, 1.82) is 0 Å². The van der Waals surface area contributed by atoms with Crippen LogP contribution in [-0.4, -0.2) is 6.54 Å². The minimum Gasteiger partial charge on any atom is -0.468 e. The Kier molecular flexibility index (Phi) is 3.81. The van der Waals surface area contributed by atoms with E-state index in [0.29, 0.717) is 11.4 Å². The fraction of sp³-hybridized carbons (Fsp3) is 0.167. The summed E-state index contributed by atoms with van der Waals surface area (Å²) in [5, 5.41) is -0.102. The highest BCUT2D eigenvalue weighted by molar-refractivity contribution is 7.99. The third-order valence-corrected chi connectivity index (χ3v) is 3.48. The van der Waals surface area contributed by atoms with Gasteiger partial charge in [-0.1, -0.05) is 0 Å². The van der Waals surface area contributed by atoms with Gasteiger partial charge in [-0.2, -0.15) is 0 Å². The molecule has 2 rings (SSSR count). The van der Waals surface area contributed by atoms with Crippen LogP contribution in [-0.2, 0) is 0 Å². The number of hydrogen-bond donors (Lipinski definition) is 1.